The minimum absolute atomic E-state index is 0.00159. The Morgan fingerprint density at radius 1 is 0.829 bits per heavy atom. The van der Waals surface area contributed by atoms with Crippen molar-refractivity contribution >= 4 is 35.6 Å². The molecule has 1 aliphatic carbocycles. The molecular weight excluding hydrogens is 901 g/mol. The van der Waals surface area contributed by atoms with Crippen molar-refractivity contribution < 1.29 is 67.4 Å². The predicted octanol–water partition coefficient (Wildman–Crippen LogP) is 6.69. The molecule has 7 unspecified atom stereocenters. The molecule has 0 aromatic rings. The van der Waals surface area contributed by atoms with Gasteiger partial charge in [0, 0.05) is 73.0 Å². The number of hydrogen-bond acceptors (Lipinski definition) is 14. The van der Waals surface area contributed by atoms with E-state index >= 15 is 0 Å². The summed E-state index contributed by atoms with van der Waals surface area (Å²) in [6, 6.07) is 0. The van der Waals surface area contributed by atoms with Crippen LogP contribution in [0.5, 0.6) is 0 Å². The van der Waals surface area contributed by atoms with Crippen molar-refractivity contribution in [2.75, 3.05) is 35.0 Å². The summed E-state index contributed by atoms with van der Waals surface area (Å²) in [5, 5.41) is 24.9. The lowest BCUT2D eigenvalue weighted by molar-refractivity contribution is -0.245. The number of piperidine rings is 1. The van der Waals surface area contributed by atoms with E-state index in [0.717, 1.165) is 37.7 Å². The molecule has 396 valence electrons. The van der Waals surface area contributed by atoms with Crippen molar-refractivity contribution in [3.05, 3.63) is 47.6 Å². The van der Waals surface area contributed by atoms with E-state index in [4.69, 9.17) is 28.4 Å². The molecule has 70 heavy (non-hydrogen) atoms. The number of likely N-dealkylation sites (tertiary alicyclic amines) is 1. The molecule has 2 aliphatic heterocycles. The van der Waals surface area contributed by atoms with Gasteiger partial charge in [-0.25, -0.2) is 0 Å². The number of carbonyl (C=O) groups excluding carboxylic acids is 6. The first-order valence-electron chi connectivity index (χ1n) is 25.4. The van der Waals surface area contributed by atoms with Crippen LogP contribution in [0, 0.1) is 29.6 Å². The molecule has 16 nitrogen and oxygen atoms in total. The standard InChI is InChI=1S/C54H86N2O14/c1-34(18-13-12-14-19-35(2)46(65-8)31-42-20-17-26-54(64,70-42)52(62)53(63)56-27-16-15-21-48(56)55-33-57)22-23-36(3)49(61)51(68-11)50(67-10)39(6)28-37(4)43(59)32-44(60)38(5)29-41-24-25-45(69-40(7)58)47(30-41)66-9/h12-14,18-19,28,33-34,36-38,41-42,44-48,50-51,60,64H,15-17,20-27,29-32H2,1-11H3,(H,55,57)/b14-12+,18-13+,35-19+,39-28+/t34-,36?,37-,38-,41?,42?,44+,45-,46+,47?,48?,50?,51+,54?/m1/s1. The fourth-order valence-electron chi connectivity index (χ4n) is 10.2. The number of aliphatic hydroxyl groups excluding tert-OH is 1. The van der Waals surface area contributed by atoms with E-state index in [-0.39, 0.29) is 72.4 Å². The molecule has 2 saturated heterocycles. The highest BCUT2D eigenvalue weighted by Crippen LogP contribution is 2.35. The lowest BCUT2D eigenvalue weighted by Gasteiger charge is -2.39. The summed E-state index contributed by atoms with van der Waals surface area (Å²) < 4.78 is 34.3. The normalized spacial score (nSPS) is 27.2. The van der Waals surface area contributed by atoms with Crippen molar-refractivity contribution in [2.24, 2.45) is 29.6 Å². The smallest absolute Gasteiger partial charge is 0.302 e. The van der Waals surface area contributed by atoms with E-state index in [1.807, 2.05) is 52.0 Å². The molecule has 3 rings (SSSR count). The van der Waals surface area contributed by atoms with Crippen LogP contribution in [0.4, 0.5) is 0 Å². The van der Waals surface area contributed by atoms with Gasteiger partial charge in [-0.1, -0.05) is 64.2 Å². The number of esters is 1. The number of ether oxygens (including phenoxy) is 6. The largest absolute Gasteiger partial charge is 0.460 e. The van der Waals surface area contributed by atoms with Gasteiger partial charge in [-0.05, 0) is 113 Å². The average molecular weight is 987 g/mol. The van der Waals surface area contributed by atoms with Gasteiger partial charge in [0.2, 0.25) is 12.2 Å². The van der Waals surface area contributed by atoms with Gasteiger partial charge in [-0.2, -0.15) is 0 Å². The van der Waals surface area contributed by atoms with E-state index < -0.39 is 54.0 Å². The summed E-state index contributed by atoms with van der Waals surface area (Å²) in [6.45, 7) is 13.2. The maximum Gasteiger partial charge on any atom is 0.302 e. The third-order valence-electron chi connectivity index (χ3n) is 14.6. The molecular formula is C54H86N2O14. The number of carbonyl (C=O) groups is 6. The monoisotopic (exact) mass is 987 g/mol. The number of nitrogens with one attached hydrogen (secondary N) is 1. The molecule has 1 saturated carbocycles. The maximum absolute atomic E-state index is 13.8. The zero-order valence-corrected chi connectivity index (χ0v) is 43.9. The van der Waals surface area contributed by atoms with Gasteiger partial charge >= 0.3 is 5.97 Å². The Morgan fingerprint density at radius 2 is 1.54 bits per heavy atom. The molecule has 0 bridgehead atoms. The van der Waals surface area contributed by atoms with E-state index in [1.54, 1.807) is 27.2 Å². The van der Waals surface area contributed by atoms with Gasteiger partial charge < -0.3 is 48.9 Å². The van der Waals surface area contributed by atoms with Gasteiger partial charge in [0.1, 0.15) is 30.3 Å². The molecule has 3 aliphatic rings. The van der Waals surface area contributed by atoms with Crippen LogP contribution in [-0.2, 0) is 57.2 Å². The number of methoxy groups -OCH3 is 4. The molecule has 0 aromatic heterocycles. The van der Waals surface area contributed by atoms with Crippen LogP contribution in [0.1, 0.15) is 138 Å². The molecule has 3 fully saturated rings. The number of aliphatic hydroxyl groups is 2. The fraction of sp³-hybridized carbons (Fsp3) is 0.741. The summed E-state index contributed by atoms with van der Waals surface area (Å²) in [5.74, 6) is -5.16. The first-order chi connectivity index (χ1) is 33.2. The van der Waals surface area contributed by atoms with Crippen molar-refractivity contribution in [1.29, 1.82) is 0 Å². The molecule has 3 N–H and O–H groups in total. The van der Waals surface area contributed by atoms with Crippen molar-refractivity contribution in [2.45, 2.75) is 193 Å². The summed E-state index contributed by atoms with van der Waals surface area (Å²) in [6.07, 6.45) is 15.6. The topological polar surface area (TPSA) is 214 Å². The molecule has 2 heterocycles. The van der Waals surface area contributed by atoms with Crippen molar-refractivity contribution in [3.8, 4) is 0 Å². The number of rotatable bonds is 29. The van der Waals surface area contributed by atoms with Crippen LogP contribution in [0.25, 0.3) is 0 Å². The Bertz CT molecular complexity index is 1830. The first kappa shape index (κ1) is 60.4. The Morgan fingerprint density at radius 3 is 2.19 bits per heavy atom. The zero-order chi connectivity index (χ0) is 52.1. The van der Waals surface area contributed by atoms with Crippen LogP contribution in [0.15, 0.2) is 47.6 Å². The highest BCUT2D eigenvalue weighted by molar-refractivity contribution is 6.38. The number of hydrogen-bond donors (Lipinski definition) is 3. The van der Waals surface area contributed by atoms with Crippen LogP contribution in [0.3, 0.4) is 0 Å². The second kappa shape index (κ2) is 30.2. The summed E-state index contributed by atoms with van der Waals surface area (Å²) >= 11 is 0. The number of nitrogens with zero attached hydrogens (tertiary/aromatic N) is 1. The van der Waals surface area contributed by atoms with Crippen LogP contribution in [-0.4, -0.2) is 140 Å². The van der Waals surface area contributed by atoms with Crippen molar-refractivity contribution in [1.82, 2.24) is 10.2 Å². The van der Waals surface area contributed by atoms with Crippen LogP contribution < -0.4 is 5.32 Å². The lowest BCUT2D eigenvalue weighted by Crippen LogP contribution is -2.59. The summed E-state index contributed by atoms with van der Waals surface area (Å²) in [5.41, 5.74) is 1.61. The first-order valence-corrected chi connectivity index (χ1v) is 25.4. The number of Topliss-reactive ketones (excluding diaryl/α,β-unsaturated/α-hetero) is 3. The lowest BCUT2D eigenvalue weighted by atomic mass is 9.78. The summed E-state index contributed by atoms with van der Waals surface area (Å²) in [4.78, 5) is 77.6. The van der Waals surface area contributed by atoms with Crippen LogP contribution >= 0.6 is 0 Å². The highest BCUT2D eigenvalue weighted by Gasteiger charge is 2.48. The molecule has 0 aromatic carbocycles. The highest BCUT2D eigenvalue weighted by atomic mass is 16.6. The maximum atomic E-state index is 13.8. The number of amides is 2. The van der Waals surface area contributed by atoms with Crippen molar-refractivity contribution in [3.63, 3.8) is 0 Å². The third-order valence-corrected chi connectivity index (χ3v) is 14.6. The molecule has 2 amide bonds. The van der Waals surface area contributed by atoms with E-state index in [1.165, 1.54) is 26.0 Å². The van der Waals surface area contributed by atoms with Gasteiger partial charge in [-0.15, -0.1) is 0 Å². The Kier molecular flexibility index (Phi) is 26.1. The minimum Gasteiger partial charge on any atom is -0.460 e. The van der Waals surface area contributed by atoms with E-state index in [0.29, 0.717) is 63.5 Å². The summed E-state index contributed by atoms with van der Waals surface area (Å²) in [7, 11) is 6.21. The predicted molar refractivity (Wildman–Crippen MR) is 265 cm³/mol. The quantitative estimate of drug-likeness (QED) is 0.0234. The van der Waals surface area contributed by atoms with Gasteiger partial charge in [0.25, 0.3) is 11.7 Å². The fourth-order valence-corrected chi connectivity index (χ4v) is 10.2. The average Bonchev–Trinajstić information content (AvgIpc) is 3.33. The second-order valence-corrected chi connectivity index (χ2v) is 20.1. The van der Waals surface area contributed by atoms with Gasteiger partial charge in [0.05, 0.1) is 24.4 Å². The molecule has 0 spiro atoms. The Hall–Kier alpha value is -3.90. The van der Waals surface area contributed by atoms with E-state index in [2.05, 4.69) is 18.3 Å². The molecule has 14 atom stereocenters. The minimum atomic E-state index is -2.25. The second-order valence-electron chi connectivity index (χ2n) is 20.1. The Balaban J connectivity index is 1.48. The van der Waals surface area contributed by atoms with Gasteiger partial charge in [0.15, 0.2) is 5.78 Å². The van der Waals surface area contributed by atoms with Crippen LogP contribution in [0.2, 0.25) is 0 Å². The molecule has 16 heteroatoms. The van der Waals surface area contributed by atoms with E-state index in [9.17, 15) is 39.0 Å². The Labute approximate surface area is 417 Å². The molecule has 0 radical (unpaired) electrons. The number of ketones is 3. The third kappa shape index (κ3) is 18.3. The zero-order valence-electron chi connectivity index (χ0n) is 43.9. The SMILES string of the molecule is COC1CC(C[C@@H](C)[C@@H](O)CC(=O)[C@H](C)/C=C(\C)C(OC)[C@@H](OC)C(=O)C(C)CC[C@H](C)/C=C/C=C/C=C(\C)[C@H](CC2CCCC(O)(C(=O)C(=O)N3CCCCC3NC=O)O2)OC)CC[C@H]1OC(C)=O. The number of allylic oxidation sites excluding steroid dienone is 6. The van der Waals surface area contributed by atoms with Gasteiger partial charge in [-0.3, -0.25) is 28.8 Å².